The van der Waals surface area contributed by atoms with Crippen LogP contribution in [0, 0.1) is 18.7 Å². The molecule has 0 bridgehead atoms. The second-order valence-corrected chi connectivity index (χ2v) is 8.06. The maximum atomic E-state index is 14.0. The van der Waals surface area contributed by atoms with Crippen LogP contribution in [0.3, 0.4) is 0 Å². The van der Waals surface area contributed by atoms with E-state index in [2.05, 4.69) is 20.7 Å². The van der Waals surface area contributed by atoms with Crippen molar-refractivity contribution in [3.63, 3.8) is 0 Å². The Bertz CT molecular complexity index is 1030. The molecule has 162 valence electrons. The fourth-order valence-electron chi connectivity index (χ4n) is 4.27. The van der Waals surface area contributed by atoms with Crippen LogP contribution in [-0.4, -0.2) is 43.2 Å². The summed E-state index contributed by atoms with van der Waals surface area (Å²) in [6.45, 7) is 3.85. The van der Waals surface area contributed by atoms with E-state index in [1.807, 2.05) is 25.1 Å². The number of ether oxygens (including phenoxy) is 2. The molecule has 1 aliphatic carbocycles. The quantitative estimate of drug-likeness (QED) is 0.691. The lowest BCUT2D eigenvalue weighted by molar-refractivity contribution is -0.118. The zero-order valence-electron chi connectivity index (χ0n) is 17.3. The van der Waals surface area contributed by atoms with Gasteiger partial charge in [-0.1, -0.05) is 0 Å². The number of carbonyl (C=O) groups excluding carboxylic acids is 1. The smallest absolute Gasteiger partial charge is 0.262 e. The minimum Gasteiger partial charge on any atom is -0.482 e. The number of pyridine rings is 1. The number of nitrogens with one attached hydrogen (secondary N) is 2. The third-order valence-corrected chi connectivity index (χ3v) is 5.87. The summed E-state index contributed by atoms with van der Waals surface area (Å²) < 4.78 is 25.1. The Morgan fingerprint density at radius 2 is 2.16 bits per heavy atom. The number of fused-ring (bicyclic) bond motifs is 2. The summed E-state index contributed by atoms with van der Waals surface area (Å²) in [4.78, 5) is 15.7. The molecule has 0 spiro atoms. The Labute approximate surface area is 179 Å². The molecule has 2 N–H and O–H groups in total. The van der Waals surface area contributed by atoms with Gasteiger partial charge in [0, 0.05) is 18.7 Å². The summed E-state index contributed by atoms with van der Waals surface area (Å²) in [6.07, 6.45) is 3.61. The first-order valence-electron chi connectivity index (χ1n) is 10.4. The molecule has 9 heteroatoms. The van der Waals surface area contributed by atoms with Crippen LogP contribution in [0.4, 0.5) is 15.8 Å². The highest BCUT2D eigenvalue weighted by Crippen LogP contribution is 2.33. The molecular weight excluding hydrogens is 401 g/mol. The maximum absolute atomic E-state index is 14.0. The molecule has 0 radical (unpaired) electrons. The summed E-state index contributed by atoms with van der Waals surface area (Å²) in [5.41, 5.74) is 4.28. The van der Waals surface area contributed by atoms with Crippen LogP contribution >= 0.6 is 0 Å². The topological polar surface area (TPSA) is 88.1 Å². The van der Waals surface area contributed by atoms with Gasteiger partial charge in [-0.2, -0.15) is 0 Å². The van der Waals surface area contributed by atoms with Crippen LogP contribution in [0.1, 0.15) is 23.2 Å². The number of hydrazone groups is 1. The Morgan fingerprint density at radius 1 is 1.29 bits per heavy atom. The Hall–Kier alpha value is -3.20. The van der Waals surface area contributed by atoms with Gasteiger partial charge in [-0.25, -0.2) is 9.40 Å². The molecule has 2 aromatic rings. The van der Waals surface area contributed by atoms with E-state index in [9.17, 15) is 9.18 Å². The first-order valence-corrected chi connectivity index (χ1v) is 10.4. The molecule has 0 saturated carbocycles. The zero-order valence-corrected chi connectivity index (χ0v) is 17.3. The molecule has 1 unspecified atom stereocenters. The monoisotopic (exact) mass is 425 g/mol. The molecule has 8 nitrogen and oxygen atoms in total. The summed E-state index contributed by atoms with van der Waals surface area (Å²) in [5, 5.41) is 12.5. The van der Waals surface area contributed by atoms with Crippen molar-refractivity contribution in [2.45, 2.75) is 26.2 Å². The largest absolute Gasteiger partial charge is 0.482 e. The second kappa shape index (κ2) is 8.14. The molecule has 3 heterocycles. The SMILES string of the molecule is Cc1ncc(F)c2c1CC(CNCCC1=NN(c3ccc4c(c3)NC(=O)CO4)CO1)C2. The van der Waals surface area contributed by atoms with E-state index in [0.29, 0.717) is 36.4 Å². The van der Waals surface area contributed by atoms with Crippen molar-refractivity contribution in [2.24, 2.45) is 11.0 Å². The van der Waals surface area contributed by atoms with Crippen LogP contribution < -0.4 is 20.4 Å². The predicted molar refractivity (Wildman–Crippen MR) is 114 cm³/mol. The highest BCUT2D eigenvalue weighted by atomic mass is 19.1. The number of aryl methyl sites for hydroxylation is 1. The van der Waals surface area contributed by atoms with Crippen LogP contribution in [-0.2, 0) is 22.4 Å². The highest BCUT2D eigenvalue weighted by molar-refractivity contribution is 5.96. The maximum Gasteiger partial charge on any atom is 0.262 e. The van der Waals surface area contributed by atoms with Crippen LogP contribution in [0.15, 0.2) is 29.5 Å². The fraction of sp³-hybridized carbons (Fsp3) is 0.409. The van der Waals surface area contributed by atoms with Crippen molar-refractivity contribution in [3.05, 3.63) is 47.0 Å². The molecule has 31 heavy (non-hydrogen) atoms. The Kier molecular flexibility index (Phi) is 5.19. The normalized spacial score (nSPS) is 19.3. The molecule has 5 rings (SSSR count). The number of halogens is 1. The van der Waals surface area contributed by atoms with Crippen molar-refractivity contribution >= 4 is 23.2 Å². The summed E-state index contributed by atoms with van der Waals surface area (Å²) in [7, 11) is 0. The lowest BCUT2D eigenvalue weighted by Crippen LogP contribution is -2.25. The highest BCUT2D eigenvalue weighted by Gasteiger charge is 2.26. The van der Waals surface area contributed by atoms with Crippen molar-refractivity contribution in [3.8, 4) is 5.75 Å². The summed E-state index contributed by atoms with van der Waals surface area (Å²) >= 11 is 0. The molecule has 2 aliphatic heterocycles. The first kappa shape index (κ1) is 19.7. The Balaban J connectivity index is 1.11. The molecule has 1 amide bonds. The van der Waals surface area contributed by atoms with Gasteiger partial charge in [0.1, 0.15) is 11.6 Å². The molecular formula is C22H24FN5O3. The number of nitrogens with zero attached hydrogens (tertiary/aromatic N) is 3. The van der Waals surface area contributed by atoms with E-state index >= 15 is 0 Å². The van der Waals surface area contributed by atoms with Crippen molar-refractivity contribution in [2.75, 3.05) is 36.8 Å². The molecule has 3 aliphatic rings. The lowest BCUT2D eigenvalue weighted by atomic mass is 10.1. The molecule has 1 aromatic heterocycles. The van der Waals surface area contributed by atoms with Crippen molar-refractivity contribution < 1.29 is 18.7 Å². The Morgan fingerprint density at radius 3 is 3.03 bits per heavy atom. The van der Waals surface area contributed by atoms with E-state index in [1.165, 1.54) is 6.20 Å². The van der Waals surface area contributed by atoms with Crippen LogP contribution in [0.25, 0.3) is 0 Å². The molecule has 0 saturated heterocycles. The average Bonchev–Trinajstić information content (AvgIpc) is 3.41. The van der Waals surface area contributed by atoms with Gasteiger partial charge in [-0.15, -0.1) is 5.10 Å². The number of rotatable bonds is 6. The van der Waals surface area contributed by atoms with Crippen LogP contribution in [0.5, 0.6) is 5.75 Å². The number of benzene rings is 1. The van der Waals surface area contributed by atoms with Gasteiger partial charge < -0.3 is 20.1 Å². The number of carbonyl (C=O) groups is 1. The third kappa shape index (κ3) is 4.05. The number of hydrogen-bond donors (Lipinski definition) is 2. The second-order valence-electron chi connectivity index (χ2n) is 8.06. The standard InChI is InChI=1S/C22H24FN5O3/c1-13-16-6-14(7-17(16)18(23)10-25-13)9-24-5-4-22-27-28(12-31-22)15-2-3-20-19(8-15)26-21(29)11-30-20/h2-3,8,10,14,24H,4-7,9,11-12H2,1H3,(H,26,29). The first-order chi connectivity index (χ1) is 15.1. The number of hydrogen-bond acceptors (Lipinski definition) is 7. The van der Waals surface area contributed by atoms with Gasteiger partial charge in [0.05, 0.1) is 17.6 Å². The van der Waals surface area contributed by atoms with Gasteiger partial charge in [0.15, 0.2) is 13.3 Å². The number of aromatic nitrogens is 1. The zero-order chi connectivity index (χ0) is 21.4. The molecule has 1 atom stereocenters. The van der Waals surface area contributed by atoms with Gasteiger partial charge in [-0.3, -0.25) is 9.78 Å². The van der Waals surface area contributed by atoms with Gasteiger partial charge in [-0.05, 0) is 61.6 Å². The third-order valence-electron chi connectivity index (χ3n) is 5.87. The van der Waals surface area contributed by atoms with Crippen molar-refractivity contribution in [1.82, 2.24) is 10.3 Å². The van der Waals surface area contributed by atoms with Gasteiger partial charge >= 0.3 is 0 Å². The number of amides is 1. The fourth-order valence-corrected chi connectivity index (χ4v) is 4.27. The summed E-state index contributed by atoms with van der Waals surface area (Å²) in [6, 6.07) is 5.53. The van der Waals surface area contributed by atoms with Gasteiger partial charge in [0.2, 0.25) is 5.90 Å². The van der Waals surface area contributed by atoms with E-state index < -0.39 is 0 Å². The average molecular weight is 425 g/mol. The van der Waals surface area contributed by atoms with E-state index in [4.69, 9.17) is 9.47 Å². The van der Waals surface area contributed by atoms with E-state index in [-0.39, 0.29) is 18.3 Å². The lowest BCUT2D eigenvalue weighted by Gasteiger charge is -2.20. The van der Waals surface area contributed by atoms with E-state index in [1.54, 1.807) is 5.01 Å². The van der Waals surface area contributed by atoms with Crippen LogP contribution in [0.2, 0.25) is 0 Å². The number of anilines is 2. The summed E-state index contributed by atoms with van der Waals surface area (Å²) in [5.74, 6) is 1.33. The minimum absolute atomic E-state index is 0.0346. The molecule has 1 aromatic carbocycles. The minimum atomic E-state index is -0.190. The van der Waals surface area contributed by atoms with E-state index in [0.717, 1.165) is 48.4 Å². The van der Waals surface area contributed by atoms with Gasteiger partial charge in [0.25, 0.3) is 5.91 Å². The van der Waals surface area contributed by atoms with Crippen molar-refractivity contribution in [1.29, 1.82) is 0 Å². The molecule has 0 fully saturated rings. The predicted octanol–water partition coefficient (Wildman–Crippen LogP) is 2.36.